The van der Waals surface area contributed by atoms with E-state index in [1.54, 1.807) is 12.1 Å². The number of pyridine rings is 1. The molecule has 6 nitrogen and oxygen atoms in total. The summed E-state index contributed by atoms with van der Waals surface area (Å²) < 4.78 is 6.76. The van der Waals surface area contributed by atoms with Crippen molar-refractivity contribution in [2.24, 2.45) is 0 Å². The van der Waals surface area contributed by atoms with E-state index in [9.17, 15) is 14.4 Å². The number of Topliss-reactive ketones (excluding diaryl/α,β-unsaturated/α-hetero) is 1. The summed E-state index contributed by atoms with van der Waals surface area (Å²) in [5, 5.41) is 2.71. The second-order valence-electron chi connectivity index (χ2n) is 7.84. The van der Waals surface area contributed by atoms with Gasteiger partial charge in [-0.1, -0.05) is 26.0 Å². The van der Waals surface area contributed by atoms with Crippen LogP contribution in [0.25, 0.3) is 5.69 Å². The molecule has 0 fully saturated rings. The number of ketones is 1. The molecular formula is C24H24N2O4. The smallest absolute Gasteiger partial charge is 0.268 e. The molecule has 0 radical (unpaired) electrons. The van der Waals surface area contributed by atoms with Crippen LogP contribution in [0.1, 0.15) is 70.3 Å². The minimum absolute atomic E-state index is 0.0381. The number of rotatable bonds is 5. The number of benzene rings is 1. The zero-order chi connectivity index (χ0) is 21.3. The standard InChI is InChI=1S/C24H24N2O4/c1-15(2)16-8-10-17(11-9-16)26-21-6-3-7-22(27)19(21)13-20(24(26)29)23(28)25-14-18-5-4-12-30-18/h4-5,8-13,15H,3,6-7,14H2,1-2H3,(H,25,28). The number of carbonyl (C=O) groups is 2. The molecule has 1 aliphatic rings. The van der Waals surface area contributed by atoms with Gasteiger partial charge in [0.2, 0.25) is 0 Å². The van der Waals surface area contributed by atoms with E-state index in [0.29, 0.717) is 47.9 Å². The summed E-state index contributed by atoms with van der Waals surface area (Å²) in [6.45, 7) is 4.37. The lowest BCUT2D eigenvalue weighted by Gasteiger charge is -2.22. The van der Waals surface area contributed by atoms with Gasteiger partial charge in [-0.05, 0) is 54.7 Å². The van der Waals surface area contributed by atoms with E-state index < -0.39 is 11.5 Å². The van der Waals surface area contributed by atoms with Gasteiger partial charge in [-0.25, -0.2) is 0 Å². The molecule has 0 aliphatic heterocycles. The van der Waals surface area contributed by atoms with Gasteiger partial charge in [-0.2, -0.15) is 0 Å². The Bertz CT molecular complexity index is 1140. The second-order valence-corrected chi connectivity index (χ2v) is 7.84. The van der Waals surface area contributed by atoms with Crippen molar-refractivity contribution in [3.8, 4) is 5.69 Å². The predicted molar refractivity (Wildman–Crippen MR) is 113 cm³/mol. The molecule has 30 heavy (non-hydrogen) atoms. The van der Waals surface area contributed by atoms with Crippen molar-refractivity contribution < 1.29 is 14.0 Å². The molecule has 2 aromatic heterocycles. The molecular weight excluding hydrogens is 380 g/mol. The van der Waals surface area contributed by atoms with Crippen LogP contribution in [0.5, 0.6) is 0 Å². The van der Waals surface area contributed by atoms with Gasteiger partial charge < -0.3 is 9.73 Å². The van der Waals surface area contributed by atoms with Crippen LogP contribution >= 0.6 is 0 Å². The lowest BCUT2D eigenvalue weighted by atomic mass is 9.92. The zero-order valence-corrected chi connectivity index (χ0v) is 17.1. The number of aromatic nitrogens is 1. The van der Waals surface area contributed by atoms with Gasteiger partial charge in [0.25, 0.3) is 11.5 Å². The molecule has 1 amide bonds. The molecule has 4 rings (SSSR count). The van der Waals surface area contributed by atoms with E-state index in [-0.39, 0.29) is 17.9 Å². The molecule has 1 aliphatic carbocycles. The van der Waals surface area contributed by atoms with E-state index in [0.717, 1.165) is 5.56 Å². The maximum Gasteiger partial charge on any atom is 0.268 e. The van der Waals surface area contributed by atoms with Crippen LogP contribution in [0.15, 0.2) is 57.9 Å². The number of amides is 1. The van der Waals surface area contributed by atoms with Crippen LogP contribution in [0.3, 0.4) is 0 Å². The van der Waals surface area contributed by atoms with Crippen LogP contribution in [-0.4, -0.2) is 16.3 Å². The molecule has 0 spiro atoms. The summed E-state index contributed by atoms with van der Waals surface area (Å²) in [4.78, 5) is 38.7. The fourth-order valence-electron chi connectivity index (χ4n) is 3.81. The first-order valence-electron chi connectivity index (χ1n) is 10.2. The number of nitrogens with one attached hydrogen (secondary N) is 1. The van der Waals surface area contributed by atoms with Crippen LogP contribution in [0.4, 0.5) is 0 Å². The van der Waals surface area contributed by atoms with Crippen molar-refractivity contribution in [2.75, 3.05) is 0 Å². The average Bonchev–Trinajstić information content (AvgIpc) is 3.26. The van der Waals surface area contributed by atoms with Crippen molar-refractivity contribution in [2.45, 2.75) is 45.6 Å². The molecule has 1 aromatic carbocycles. The minimum Gasteiger partial charge on any atom is -0.467 e. The van der Waals surface area contributed by atoms with Crippen LogP contribution in [0.2, 0.25) is 0 Å². The Hall–Kier alpha value is -3.41. The van der Waals surface area contributed by atoms with Gasteiger partial charge in [-0.15, -0.1) is 0 Å². The number of carbonyl (C=O) groups excluding carboxylic acids is 2. The van der Waals surface area contributed by atoms with Crippen LogP contribution in [-0.2, 0) is 13.0 Å². The van der Waals surface area contributed by atoms with Crippen molar-refractivity contribution in [1.82, 2.24) is 9.88 Å². The predicted octanol–water partition coefficient (Wildman–Crippen LogP) is 4.00. The first-order valence-corrected chi connectivity index (χ1v) is 10.2. The maximum absolute atomic E-state index is 13.3. The summed E-state index contributed by atoms with van der Waals surface area (Å²) in [6, 6.07) is 12.6. The van der Waals surface area contributed by atoms with Crippen LogP contribution in [0, 0.1) is 0 Å². The monoisotopic (exact) mass is 404 g/mol. The summed E-state index contributed by atoms with van der Waals surface area (Å²) in [6.07, 6.45) is 3.26. The minimum atomic E-state index is -0.523. The molecule has 3 aromatic rings. The van der Waals surface area contributed by atoms with Gasteiger partial charge in [-0.3, -0.25) is 19.0 Å². The van der Waals surface area contributed by atoms with Crippen molar-refractivity contribution in [1.29, 1.82) is 0 Å². The van der Waals surface area contributed by atoms with E-state index in [1.807, 2.05) is 24.3 Å². The highest BCUT2D eigenvalue weighted by molar-refractivity contribution is 6.01. The van der Waals surface area contributed by atoms with Gasteiger partial charge in [0.05, 0.1) is 12.8 Å². The Morgan fingerprint density at radius 1 is 1.13 bits per heavy atom. The van der Waals surface area contributed by atoms with E-state index in [2.05, 4.69) is 19.2 Å². The molecule has 0 unspecified atom stereocenters. The lowest BCUT2D eigenvalue weighted by Crippen LogP contribution is -2.35. The quantitative estimate of drug-likeness (QED) is 0.697. The van der Waals surface area contributed by atoms with Gasteiger partial charge in [0.15, 0.2) is 5.78 Å². The molecule has 6 heteroatoms. The molecule has 2 heterocycles. The highest BCUT2D eigenvalue weighted by Gasteiger charge is 2.26. The van der Waals surface area contributed by atoms with Crippen LogP contribution < -0.4 is 10.9 Å². The number of hydrogen-bond acceptors (Lipinski definition) is 4. The Labute approximate surface area is 174 Å². The van der Waals surface area contributed by atoms with Gasteiger partial charge in [0.1, 0.15) is 11.3 Å². The fraction of sp³-hybridized carbons (Fsp3) is 0.292. The molecule has 154 valence electrons. The highest BCUT2D eigenvalue weighted by atomic mass is 16.3. The lowest BCUT2D eigenvalue weighted by molar-refractivity contribution is 0.0946. The molecule has 0 saturated carbocycles. The Balaban J connectivity index is 1.79. The summed E-state index contributed by atoms with van der Waals surface area (Å²) in [5.74, 6) is 0.390. The maximum atomic E-state index is 13.3. The number of nitrogens with zero attached hydrogens (tertiary/aromatic N) is 1. The summed E-state index contributed by atoms with van der Waals surface area (Å²) in [7, 11) is 0. The topological polar surface area (TPSA) is 81.3 Å². The van der Waals surface area contributed by atoms with Crippen molar-refractivity contribution in [3.05, 3.63) is 87.2 Å². The SMILES string of the molecule is CC(C)c1ccc(-n2c3c(cc(C(=O)NCc4ccco4)c2=O)C(=O)CCC3)cc1. The third-order valence-electron chi connectivity index (χ3n) is 5.49. The Kier molecular flexibility index (Phi) is 5.40. The van der Waals surface area contributed by atoms with Gasteiger partial charge >= 0.3 is 0 Å². The fourth-order valence-corrected chi connectivity index (χ4v) is 3.81. The number of hydrogen-bond donors (Lipinski definition) is 1. The molecule has 0 atom stereocenters. The highest BCUT2D eigenvalue weighted by Crippen LogP contribution is 2.24. The summed E-state index contributed by atoms with van der Waals surface area (Å²) in [5.41, 5.74) is 2.49. The largest absolute Gasteiger partial charge is 0.467 e. The van der Waals surface area contributed by atoms with Crippen molar-refractivity contribution in [3.63, 3.8) is 0 Å². The second kappa shape index (κ2) is 8.14. The molecule has 0 saturated heterocycles. The third kappa shape index (κ3) is 3.73. The first kappa shape index (κ1) is 19.9. The first-order chi connectivity index (χ1) is 14.5. The van der Waals surface area contributed by atoms with Gasteiger partial charge in [0, 0.05) is 23.4 Å². The van der Waals surface area contributed by atoms with E-state index in [4.69, 9.17) is 4.42 Å². The summed E-state index contributed by atoms with van der Waals surface area (Å²) >= 11 is 0. The molecule has 0 bridgehead atoms. The Morgan fingerprint density at radius 3 is 2.57 bits per heavy atom. The zero-order valence-electron chi connectivity index (χ0n) is 17.1. The normalized spacial score (nSPS) is 13.4. The molecule has 1 N–H and O–H groups in total. The van der Waals surface area contributed by atoms with E-state index in [1.165, 1.54) is 16.9 Å². The third-order valence-corrected chi connectivity index (χ3v) is 5.49. The van der Waals surface area contributed by atoms with E-state index >= 15 is 0 Å². The number of furan rings is 1. The van der Waals surface area contributed by atoms with Crippen molar-refractivity contribution >= 4 is 11.7 Å². The number of fused-ring (bicyclic) bond motifs is 1. The Morgan fingerprint density at radius 2 is 1.90 bits per heavy atom. The average molecular weight is 404 g/mol.